The molecule has 0 radical (unpaired) electrons. The van der Waals surface area contributed by atoms with E-state index in [1.54, 1.807) is 13.8 Å². The molecule has 1 atom stereocenters. The molecule has 8 nitrogen and oxygen atoms in total. The highest BCUT2D eigenvalue weighted by atomic mass is 16.5. The monoisotopic (exact) mass is 324 g/mol. The Hall–Kier alpha value is -3.29. The zero-order valence-corrected chi connectivity index (χ0v) is 13.2. The van der Waals surface area contributed by atoms with E-state index in [1.165, 1.54) is 6.20 Å². The van der Waals surface area contributed by atoms with Crippen LogP contribution in [0.1, 0.15) is 34.9 Å². The van der Waals surface area contributed by atoms with Crippen molar-refractivity contribution in [2.45, 2.75) is 19.9 Å². The van der Waals surface area contributed by atoms with Crippen molar-refractivity contribution in [3.8, 4) is 11.4 Å². The minimum absolute atomic E-state index is 0.126. The summed E-state index contributed by atoms with van der Waals surface area (Å²) < 4.78 is 5.24. The summed E-state index contributed by atoms with van der Waals surface area (Å²) >= 11 is 0. The number of carbonyl (C=O) groups is 1. The number of benzene rings is 1. The van der Waals surface area contributed by atoms with Gasteiger partial charge >= 0.3 is 0 Å². The van der Waals surface area contributed by atoms with Crippen LogP contribution < -0.4 is 11.1 Å². The molecule has 8 heteroatoms. The molecule has 0 aliphatic rings. The zero-order chi connectivity index (χ0) is 17.1. The fourth-order valence-electron chi connectivity index (χ4n) is 2.16. The van der Waals surface area contributed by atoms with Crippen LogP contribution >= 0.6 is 0 Å². The largest absolute Gasteiger partial charge is 0.368 e. The fourth-order valence-corrected chi connectivity index (χ4v) is 2.16. The molecule has 3 rings (SSSR count). The van der Waals surface area contributed by atoms with Gasteiger partial charge in [-0.1, -0.05) is 35.5 Å². The molecule has 0 spiro atoms. The number of nitrogens with zero attached hydrogens (tertiary/aromatic N) is 4. The summed E-state index contributed by atoms with van der Waals surface area (Å²) in [4.78, 5) is 24.4. The molecule has 0 bridgehead atoms. The molecule has 0 saturated carbocycles. The number of aryl methyl sites for hydroxylation is 1. The first-order valence-corrected chi connectivity index (χ1v) is 7.33. The lowest BCUT2D eigenvalue weighted by Crippen LogP contribution is -2.28. The third-order valence-electron chi connectivity index (χ3n) is 3.43. The highest BCUT2D eigenvalue weighted by Gasteiger charge is 2.19. The molecule has 0 unspecified atom stereocenters. The van der Waals surface area contributed by atoms with E-state index in [2.05, 4.69) is 25.4 Å². The quantitative estimate of drug-likeness (QED) is 0.752. The Morgan fingerprint density at radius 3 is 2.71 bits per heavy atom. The van der Waals surface area contributed by atoms with E-state index >= 15 is 0 Å². The average Bonchev–Trinajstić information content (AvgIpc) is 3.05. The lowest BCUT2D eigenvalue weighted by Gasteiger charge is -2.10. The maximum Gasteiger partial charge on any atom is 0.255 e. The van der Waals surface area contributed by atoms with Gasteiger partial charge in [0.15, 0.2) is 0 Å². The first kappa shape index (κ1) is 15.6. The van der Waals surface area contributed by atoms with Gasteiger partial charge in [0.1, 0.15) is 6.04 Å². The van der Waals surface area contributed by atoms with Gasteiger partial charge < -0.3 is 15.6 Å². The van der Waals surface area contributed by atoms with E-state index in [-0.39, 0.29) is 11.9 Å². The number of amides is 1. The highest BCUT2D eigenvalue weighted by molar-refractivity contribution is 5.95. The van der Waals surface area contributed by atoms with Crippen molar-refractivity contribution in [3.05, 3.63) is 53.7 Å². The number of nitrogen functional groups attached to an aromatic ring is 1. The average molecular weight is 324 g/mol. The van der Waals surface area contributed by atoms with Gasteiger partial charge in [-0.05, 0) is 13.8 Å². The number of rotatable bonds is 4. The number of carbonyl (C=O) groups excluding carboxylic acids is 1. The van der Waals surface area contributed by atoms with E-state index in [0.29, 0.717) is 23.0 Å². The Kier molecular flexibility index (Phi) is 4.19. The van der Waals surface area contributed by atoms with Crippen LogP contribution in [0.4, 0.5) is 5.95 Å². The minimum atomic E-state index is -0.459. The molecule has 0 aliphatic carbocycles. The Morgan fingerprint density at radius 1 is 1.25 bits per heavy atom. The second-order valence-electron chi connectivity index (χ2n) is 5.24. The topological polar surface area (TPSA) is 120 Å². The fraction of sp³-hybridized carbons (Fsp3) is 0.188. The van der Waals surface area contributed by atoms with Gasteiger partial charge in [-0.3, -0.25) is 4.79 Å². The standard InChI is InChI=1S/C16H16N6O2/c1-9-12(8-18-16(17)20-9)14(23)19-10(2)15-21-13(22-24-15)11-6-4-3-5-7-11/h3-8,10H,1-2H3,(H,19,23)(H2,17,18,20)/t10-/m1/s1. The third kappa shape index (κ3) is 3.22. The van der Waals surface area contributed by atoms with E-state index in [0.717, 1.165) is 5.56 Å². The van der Waals surface area contributed by atoms with E-state index in [9.17, 15) is 4.79 Å². The molecule has 1 aromatic carbocycles. The second kappa shape index (κ2) is 6.45. The molecule has 24 heavy (non-hydrogen) atoms. The number of anilines is 1. The van der Waals surface area contributed by atoms with Crippen LogP contribution in [0.3, 0.4) is 0 Å². The number of hydrogen-bond donors (Lipinski definition) is 2. The molecule has 2 aromatic heterocycles. The van der Waals surface area contributed by atoms with Gasteiger partial charge in [0.2, 0.25) is 17.7 Å². The Labute approximate surface area is 138 Å². The van der Waals surface area contributed by atoms with Crippen LogP contribution in [-0.2, 0) is 0 Å². The lowest BCUT2D eigenvalue weighted by atomic mass is 10.2. The smallest absolute Gasteiger partial charge is 0.255 e. The predicted octanol–water partition coefficient (Wildman–Crippen LogP) is 1.91. The summed E-state index contributed by atoms with van der Waals surface area (Å²) in [6.45, 7) is 3.45. The molecule has 2 heterocycles. The first-order chi connectivity index (χ1) is 11.5. The molecular weight excluding hydrogens is 308 g/mol. The number of hydrogen-bond acceptors (Lipinski definition) is 7. The third-order valence-corrected chi connectivity index (χ3v) is 3.43. The summed E-state index contributed by atoms with van der Waals surface area (Å²) in [5, 5.41) is 6.72. The van der Waals surface area contributed by atoms with Gasteiger partial charge in [-0.25, -0.2) is 9.97 Å². The van der Waals surface area contributed by atoms with Crippen LogP contribution in [0.2, 0.25) is 0 Å². The van der Waals surface area contributed by atoms with E-state index in [4.69, 9.17) is 10.3 Å². The molecule has 3 N–H and O–H groups in total. The maximum absolute atomic E-state index is 12.3. The van der Waals surface area contributed by atoms with Crippen molar-refractivity contribution in [3.63, 3.8) is 0 Å². The minimum Gasteiger partial charge on any atom is -0.368 e. The van der Waals surface area contributed by atoms with Crippen LogP contribution in [-0.4, -0.2) is 26.0 Å². The van der Waals surface area contributed by atoms with Gasteiger partial charge in [0.25, 0.3) is 5.91 Å². The number of nitrogens with one attached hydrogen (secondary N) is 1. The number of aromatic nitrogens is 4. The molecule has 0 fully saturated rings. The van der Waals surface area contributed by atoms with E-state index in [1.807, 2.05) is 30.3 Å². The molecule has 1 amide bonds. The summed E-state index contributed by atoms with van der Waals surface area (Å²) in [6.07, 6.45) is 1.39. The van der Waals surface area contributed by atoms with Crippen molar-refractivity contribution < 1.29 is 9.32 Å². The van der Waals surface area contributed by atoms with Crippen molar-refractivity contribution >= 4 is 11.9 Å². The molecular formula is C16H16N6O2. The highest BCUT2D eigenvalue weighted by Crippen LogP contribution is 2.18. The van der Waals surface area contributed by atoms with Crippen molar-refractivity contribution in [2.75, 3.05) is 5.73 Å². The summed E-state index contributed by atoms with van der Waals surface area (Å²) in [5.74, 6) is 0.580. The lowest BCUT2D eigenvalue weighted by molar-refractivity contribution is 0.0931. The zero-order valence-electron chi connectivity index (χ0n) is 13.2. The van der Waals surface area contributed by atoms with Crippen molar-refractivity contribution in [1.82, 2.24) is 25.4 Å². The van der Waals surface area contributed by atoms with Gasteiger partial charge in [-0.2, -0.15) is 4.98 Å². The van der Waals surface area contributed by atoms with Crippen LogP contribution in [0.5, 0.6) is 0 Å². The SMILES string of the molecule is Cc1nc(N)ncc1C(=O)N[C@H](C)c1nc(-c2ccccc2)no1. The maximum atomic E-state index is 12.3. The summed E-state index contributed by atoms with van der Waals surface area (Å²) in [5.41, 5.74) is 7.18. The molecule has 3 aromatic rings. The normalized spacial score (nSPS) is 11.9. The van der Waals surface area contributed by atoms with Crippen LogP contribution in [0.15, 0.2) is 41.1 Å². The van der Waals surface area contributed by atoms with E-state index < -0.39 is 6.04 Å². The molecule has 0 aliphatic heterocycles. The molecule has 122 valence electrons. The summed E-state index contributed by atoms with van der Waals surface area (Å²) in [6, 6.07) is 8.99. The van der Waals surface area contributed by atoms with Gasteiger partial charge in [-0.15, -0.1) is 0 Å². The van der Waals surface area contributed by atoms with Gasteiger partial charge in [0.05, 0.1) is 11.3 Å². The number of nitrogens with two attached hydrogens (primary N) is 1. The van der Waals surface area contributed by atoms with Crippen LogP contribution in [0, 0.1) is 6.92 Å². The Morgan fingerprint density at radius 2 is 2.00 bits per heavy atom. The predicted molar refractivity (Wildman–Crippen MR) is 86.8 cm³/mol. The second-order valence-corrected chi connectivity index (χ2v) is 5.24. The summed E-state index contributed by atoms with van der Waals surface area (Å²) in [7, 11) is 0. The van der Waals surface area contributed by atoms with Gasteiger partial charge in [0, 0.05) is 11.8 Å². The Balaban J connectivity index is 1.74. The Bertz CT molecular complexity index is 862. The molecule has 0 saturated heterocycles. The van der Waals surface area contributed by atoms with Crippen molar-refractivity contribution in [2.24, 2.45) is 0 Å². The first-order valence-electron chi connectivity index (χ1n) is 7.33. The van der Waals surface area contributed by atoms with Crippen LogP contribution in [0.25, 0.3) is 11.4 Å². The van der Waals surface area contributed by atoms with Crippen molar-refractivity contribution in [1.29, 1.82) is 0 Å².